The van der Waals surface area contributed by atoms with Crippen LogP contribution in [0.15, 0.2) is 35.9 Å². The summed E-state index contributed by atoms with van der Waals surface area (Å²) in [5, 5.41) is 0. The summed E-state index contributed by atoms with van der Waals surface area (Å²) in [5.41, 5.74) is 0.897. The number of fused-ring (bicyclic) bond motifs is 1. The number of carbonyl (C=O) groups is 1. The van der Waals surface area contributed by atoms with E-state index in [1.54, 1.807) is 0 Å². The third-order valence-electron chi connectivity index (χ3n) is 5.46. The zero-order valence-electron chi connectivity index (χ0n) is 12.8. The van der Waals surface area contributed by atoms with Crippen LogP contribution in [0.2, 0.25) is 0 Å². The number of Topliss-reactive ketones (excluding diaryl/α,β-unsaturated/α-hetero) is 1. The first-order valence-electron chi connectivity index (χ1n) is 8.34. The maximum atomic E-state index is 13.2. The lowest BCUT2D eigenvalue weighted by molar-refractivity contribution is -0.186. The Kier molecular flexibility index (Phi) is 3.43. The quantitative estimate of drug-likeness (QED) is 0.744. The molecule has 0 aromatic heterocycles. The molecule has 1 aliphatic carbocycles. The Morgan fingerprint density at radius 2 is 1.73 bits per heavy atom. The molecule has 1 aromatic carbocycles. The Morgan fingerprint density at radius 3 is 2.41 bits per heavy atom. The van der Waals surface area contributed by atoms with E-state index in [2.05, 4.69) is 0 Å². The highest BCUT2D eigenvalue weighted by molar-refractivity contribution is 6.07. The van der Waals surface area contributed by atoms with E-state index in [0.717, 1.165) is 56.3 Å². The normalized spacial score (nSPS) is 36.7. The smallest absolute Gasteiger partial charge is 0.193 e. The lowest BCUT2D eigenvalue weighted by Crippen LogP contribution is -2.61. The first kappa shape index (κ1) is 14.2. The van der Waals surface area contributed by atoms with Gasteiger partial charge < -0.3 is 9.47 Å². The van der Waals surface area contributed by atoms with Gasteiger partial charge in [-0.05, 0) is 55.7 Å². The molecule has 3 heteroatoms. The molecular formula is C19H22O3. The molecule has 0 N–H and O–H groups in total. The first-order chi connectivity index (χ1) is 10.8. The van der Waals surface area contributed by atoms with E-state index < -0.39 is 5.60 Å². The van der Waals surface area contributed by atoms with Crippen LogP contribution in [-0.4, -0.2) is 30.2 Å². The van der Waals surface area contributed by atoms with Gasteiger partial charge in [0, 0.05) is 13.2 Å². The number of rotatable bonds is 1. The molecule has 2 aliphatic heterocycles. The fourth-order valence-electron chi connectivity index (χ4n) is 4.40. The predicted octanol–water partition coefficient (Wildman–Crippen LogP) is 3.53. The summed E-state index contributed by atoms with van der Waals surface area (Å²) >= 11 is 0. The largest absolute Gasteiger partial charge is 0.371 e. The molecule has 0 unspecified atom stereocenters. The summed E-state index contributed by atoms with van der Waals surface area (Å²) < 4.78 is 12.2. The topological polar surface area (TPSA) is 35.5 Å². The van der Waals surface area contributed by atoms with E-state index in [1.807, 2.05) is 36.4 Å². The van der Waals surface area contributed by atoms with Crippen LogP contribution < -0.4 is 0 Å². The number of ketones is 1. The minimum Gasteiger partial charge on any atom is -0.371 e. The molecule has 2 saturated heterocycles. The van der Waals surface area contributed by atoms with Crippen LogP contribution in [0, 0.1) is 0 Å². The average Bonchev–Trinajstić information content (AvgIpc) is 3.21. The molecule has 1 aromatic rings. The standard InChI is InChI=1S/C19H22O3/c20-17-16(14-15-6-2-1-3-7-15)8-11-18(9-4-12-21-18)19(17)10-5-13-22-19/h1-3,6-7,14H,4-5,8-13H2/b16-14+/t18-,19+/m1/s1. The second-order valence-electron chi connectivity index (χ2n) is 6.63. The van der Waals surface area contributed by atoms with Crippen molar-refractivity contribution < 1.29 is 14.3 Å². The summed E-state index contributed by atoms with van der Waals surface area (Å²) in [4.78, 5) is 13.2. The van der Waals surface area contributed by atoms with Crippen molar-refractivity contribution in [3.05, 3.63) is 41.5 Å². The third kappa shape index (κ3) is 1.99. The van der Waals surface area contributed by atoms with Crippen molar-refractivity contribution in [2.75, 3.05) is 13.2 Å². The van der Waals surface area contributed by atoms with Gasteiger partial charge in [0.1, 0.15) is 5.60 Å². The van der Waals surface area contributed by atoms with E-state index in [9.17, 15) is 4.79 Å². The number of hydrogen-bond acceptors (Lipinski definition) is 3. The average molecular weight is 298 g/mol. The molecule has 3 nitrogen and oxygen atoms in total. The van der Waals surface area contributed by atoms with Crippen molar-refractivity contribution in [1.29, 1.82) is 0 Å². The van der Waals surface area contributed by atoms with Gasteiger partial charge in [-0.15, -0.1) is 0 Å². The predicted molar refractivity (Wildman–Crippen MR) is 84.5 cm³/mol. The molecule has 0 bridgehead atoms. The molecule has 0 amide bonds. The zero-order chi connectivity index (χ0) is 15.0. The van der Waals surface area contributed by atoms with Gasteiger partial charge in [-0.25, -0.2) is 0 Å². The number of benzene rings is 1. The molecule has 2 atom stereocenters. The first-order valence-corrected chi connectivity index (χ1v) is 8.34. The van der Waals surface area contributed by atoms with Gasteiger partial charge >= 0.3 is 0 Å². The van der Waals surface area contributed by atoms with Crippen molar-refractivity contribution in [3.63, 3.8) is 0 Å². The lowest BCUT2D eigenvalue weighted by atomic mass is 9.66. The second-order valence-corrected chi connectivity index (χ2v) is 6.63. The number of ether oxygens (including phenoxy) is 2. The minimum atomic E-state index is -0.720. The van der Waals surface area contributed by atoms with E-state index >= 15 is 0 Å². The van der Waals surface area contributed by atoms with Crippen LogP contribution >= 0.6 is 0 Å². The van der Waals surface area contributed by atoms with Crippen LogP contribution in [0.1, 0.15) is 44.1 Å². The highest BCUT2D eigenvalue weighted by Gasteiger charge is 2.63. The van der Waals surface area contributed by atoms with E-state index in [1.165, 1.54) is 0 Å². The van der Waals surface area contributed by atoms with Crippen molar-refractivity contribution in [3.8, 4) is 0 Å². The molecule has 2 spiro atoms. The second kappa shape index (κ2) is 5.32. The highest BCUT2D eigenvalue weighted by Crippen LogP contribution is 2.52. The van der Waals surface area contributed by atoms with Crippen LogP contribution in [-0.2, 0) is 14.3 Å². The van der Waals surface area contributed by atoms with E-state index in [4.69, 9.17) is 9.47 Å². The van der Waals surface area contributed by atoms with Crippen molar-refractivity contribution in [1.82, 2.24) is 0 Å². The summed E-state index contributed by atoms with van der Waals surface area (Å²) in [6.45, 7) is 1.44. The van der Waals surface area contributed by atoms with Gasteiger partial charge in [-0.1, -0.05) is 30.3 Å². The Hall–Kier alpha value is -1.45. The maximum absolute atomic E-state index is 13.2. The molecule has 22 heavy (non-hydrogen) atoms. The van der Waals surface area contributed by atoms with Gasteiger partial charge in [0.2, 0.25) is 0 Å². The Morgan fingerprint density at radius 1 is 0.955 bits per heavy atom. The molecule has 3 aliphatic rings. The molecular weight excluding hydrogens is 276 g/mol. The molecule has 2 heterocycles. The van der Waals surface area contributed by atoms with Crippen LogP contribution in [0.4, 0.5) is 0 Å². The summed E-state index contributed by atoms with van der Waals surface area (Å²) in [5.74, 6) is 0.169. The van der Waals surface area contributed by atoms with Crippen LogP contribution in [0.5, 0.6) is 0 Å². The van der Waals surface area contributed by atoms with Crippen LogP contribution in [0.3, 0.4) is 0 Å². The number of hydrogen-bond donors (Lipinski definition) is 0. The van der Waals surface area contributed by atoms with E-state index in [-0.39, 0.29) is 11.4 Å². The van der Waals surface area contributed by atoms with Crippen molar-refractivity contribution >= 4 is 11.9 Å². The van der Waals surface area contributed by atoms with Crippen molar-refractivity contribution in [2.24, 2.45) is 0 Å². The minimum absolute atomic E-state index is 0.169. The highest BCUT2D eigenvalue weighted by atomic mass is 16.6. The summed E-state index contributed by atoms with van der Waals surface area (Å²) in [6.07, 6.45) is 7.48. The van der Waals surface area contributed by atoms with Gasteiger partial charge in [0.25, 0.3) is 0 Å². The molecule has 4 rings (SSSR count). The van der Waals surface area contributed by atoms with Gasteiger partial charge in [0.05, 0.1) is 0 Å². The Bertz CT molecular complexity index is 590. The molecule has 1 saturated carbocycles. The maximum Gasteiger partial charge on any atom is 0.193 e. The SMILES string of the molecule is O=C1/C(=C/c2ccccc2)CC[C@]2(CCCO2)[C@]12CCCO2. The summed E-state index contributed by atoms with van der Waals surface area (Å²) in [7, 11) is 0. The number of carbonyl (C=O) groups excluding carboxylic acids is 1. The monoisotopic (exact) mass is 298 g/mol. The zero-order valence-corrected chi connectivity index (χ0v) is 12.8. The van der Waals surface area contributed by atoms with Crippen LogP contribution in [0.25, 0.3) is 6.08 Å². The Labute approximate surface area is 131 Å². The van der Waals surface area contributed by atoms with Gasteiger partial charge in [-0.2, -0.15) is 0 Å². The fraction of sp³-hybridized carbons (Fsp3) is 0.526. The fourth-order valence-corrected chi connectivity index (χ4v) is 4.40. The third-order valence-corrected chi connectivity index (χ3v) is 5.46. The van der Waals surface area contributed by atoms with Crippen molar-refractivity contribution in [2.45, 2.75) is 49.7 Å². The molecule has 3 fully saturated rings. The van der Waals surface area contributed by atoms with E-state index in [0.29, 0.717) is 6.61 Å². The Balaban J connectivity index is 1.72. The van der Waals surface area contributed by atoms with Gasteiger partial charge in [0.15, 0.2) is 11.4 Å². The lowest BCUT2D eigenvalue weighted by Gasteiger charge is -2.47. The summed E-state index contributed by atoms with van der Waals surface area (Å²) in [6, 6.07) is 10.1. The molecule has 116 valence electrons. The van der Waals surface area contributed by atoms with Gasteiger partial charge in [-0.3, -0.25) is 4.79 Å². The molecule has 0 radical (unpaired) electrons.